The molecule has 0 aliphatic carbocycles. The van der Waals surface area contributed by atoms with Crippen LogP contribution in [0.2, 0.25) is 0 Å². The quantitative estimate of drug-likeness (QED) is 0.801. The Morgan fingerprint density at radius 3 is 2.23 bits per heavy atom. The monoisotopic (exact) mass is 316 g/mol. The topological polar surface area (TPSA) is 42.5 Å². The van der Waals surface area contributed by atoms with Crippen molar-refractivity contribution in [3.8, 4) is 11.5 Å². The van der Waals surface area contributed by atoms with Gasteiger partial charge >= 0.3 is 0 Å². The van der Waals surface area contributed by atoms with Gasteiger partial charge in [-0.15, -0.1) is 0 Å². The largest absolute Gasteiger partial charge is 0.497 e. The van der Waals surface area contributed by atoms with E-state index in [2.05, 4.69) is 22.8 Å². The Labute approximate surface area is 136 Å². The van der Waals surface area contributed by atoms with Crippen LogP contribution < -0.4 is 20.1 Å². The third kappa shape index (κ3) is 4.93. The highest BCUT2D eigenvalue weighted by Crippen LogP contribution is 2.25. The smallest absolute Gasteiger partial charge is 0.170 e. The van der Waals surface area contributed by atoms with Gasteiger partial charge in [-0.25, -0.2) is 0 Å². The lowest BCUT2D eigenvalue weighted by molar-refractivity contribution is 0.395. The van der Waals surface area contributed by atoms with Crippen LogP contribution in [0.25, 0.3) is 0 Å². The van der Waals surface area contributed by atoms with Gasteiger partial charge in [0.05, 0.1) is 14.2 Å². The van der Waals surface area contributed by atoms with Gasteiger partial charge in [-0.3, -0.25) is 0 Å². The summed E-state index contributed by atoms with van der Waals surface area (Å²) in [6, 6.07) is 15.8. The van der Waals surface area contributed by atoms with Crippen molar-refractivity contribution in [2.45, 2.75) is 6.42 Å². The summed E-state index contributed by atoms with van der Waals surface area (Å²) in [4.78, 5) is 0. The summed E-state index contributed by atoms with van der Waals surface area (Å²) in [7, 11) is 3.24. The average molecular weight is 316 g/mol. The summed E-state index contributed by atoms with van der Waals surface area (Å²) in [6.45, 7) is 0.775. The van der Waals surface area contributed by atoms with E-state index in [0.29, 0.717) is 16.6 Å². The van der Waals surface area contributed by atoms with Crippen LogP contribution >= 0.6 is 12.2 Å². The molecule has 0 aliphatic rings. The van der Waals surface area contributed by atoms with E-state index < -0.39 is 0 Å². The Morgan fingerprint density at radius 2 is 1.64 bits per heavy atom. The molecular weight excluding hydrogens is 296 g/mol. The van der Waals surface area contributed by atoms with Gasteiger partial charge in [-0.05, 0) is 24.2 Å². The fourth-order valence-electron chi connectivity index (χ4n) is 2.02. The summed E-state index contributed by atoms with van der Waals surface area (Å²) in [6.07, 6.45) is 0.921. The molecule has 2 N–H and O–H groups in total. The molecule has 2 rings (SSSR count). The van der Waals surface area contributed by atoms with E-state index in [4.69, 9.17) is 21.7 Å². The van der Waals surface area contributed by atoms with Gasteiger partial charge in [0.25, 0.3) is 0 Å². The number of rotatable bonds is 6. The van der Waals surface area contributed by atoms with Crippen molar-refractivity contribution < 1.29 is 9.47 Å². The summed E-state index contributed by atoms with van der Waals surface area (Å²) < 4.78 is 10.5. The Morgan fingerprint density at radius 1 is 1.00 bits per heavy atom. The van der Waals surface area contributed by atoms with Crippen LogP contribution in [0.1, 0.15) is 5.56 Å². The van der Waals surface area contributed by atoms with Gasteiger partial charge in [-0.2, -0.15) is 0 Å². The fraction of sp³-hybridized carbons (Fsp3) is 0.235. The number of hydrogen-bond acceptors (Lipinski definition) is 3. The first kappa shape index (κ1) is 16.1. The summed E-state index contributed by atoms with van der Waals surface area (Å²) in [5.41, 5.74) is 2.11. The first-order valence-corrected chi connectivity index (χ1v) is 7.44. The highest BCUT2D eigenvalue weighted by Gasteiger charge is 2.03. The molecule has 0 radical (unpaired) electrons. The SMILES string of the molecule is COc1cc(NC(=S)NCCc2ccccc2)cc(OC)c1. The van der Waals surface area contributed by atoms with Crippen LogP contribution in [0.3, 0.4) is 0 Å². The Bertz CT molecular complexity index is 595. The number of hydrogen-bond donors (Lipinski definition) is 2. The van der Waals surface area contributed by atoms with Crippen LogP contribution in [0.4, 0.5) is 5.69 Å². The first-order valence-electron chi connectivity index (χ1n) is 7.03. The second-order valence-corrected chi connectivity index (χ2v) is 5.13. The molecule has 0 amide bonds. The first-order chi connectivity index (χ1) is 10.7. The predicted molar refractivity (Wildman–Crippen MR) is 93.9 cm³/mol. The van der Waals surface area contributed by atoms with E-state index >= 15 is 0 Å². The second kappa shape index (κ2) is 8.24. The molecule has 0 heterocycles. The van der Waals surface area contributed by atoms with Crippen molar-refractivity contribution in [1.82, 2.24) is 5.32 Å². The lowest BCUT2D eigenvalue weighted by Gasteiger charge is -2.13. The van der Waals surface area contributed by atoms with Gasteiger partial charge < -0.3 is 20.1 Å². The van der Waals surface area contributed by atoms with Crippen LogP contribution in [0.5, 0.6) is 11.5 Å². The van der Waals surface area contributed by atoms with E-state index in [1.54, 1.807) is 14.2 Å². The van der Waals surface area contributed by atoms with E-state index in [-0.39, 0.29) is 0 Å². The second-order valence-electron chi connectivity index (χ2n) is 4.72. The molecule has 2 aromatic rings. The van der Waals surface area contributed by atoms with Gasteiger partial charge in [0, 0.05) is 30.4 Å². The van der Waals surface area contributed by atoms with Gasteiger partial charge in [-0.1, -0.05) is 30.3 Å². The zero-order valence-corrected chi connectivity index (χ0v) is 13.6. The molecule has 0 aliphatic heterocycles. The molecule has 0 spiro atoms. The highest BCUT2D eigenvalue weighted by atomic mass is 32.1. The summed E-state index contributed by atoms with van der Waals surface area (Å²) in [5, 5.41) is 6.91. The fourth-order valence-corrected chi connectivity index (χ4v) is 2.24. The van der Waals surface area contributed by atoms with Crippen molar-refractivity contribution in [3.05, 3.63) is 54.1 Å². The molecular formula is C17H20N2O2S. The number of ether oxygens (including phenoxy) is 2. The normalized spacial score (nSPS) is 9.91. The van der Waals surface area contributed by atoms with Crippen molar-refractivity contribution in [2.75, 3.05) is 26.1 Å². The van der Waals surface area contributed by atoms with Crippen molar-refractivity contribution in [2.24, 2.45) is 0 Å². The van der Waals surface area contributed by atoms with Crippen LogP contribution in [-0.4, -0.2) is 25.9 Å². The molecule has 0 saturated carbocycles. The standard InChI is InChI=1S/C17H20N2O2S/c1-20-15-10-14(11-16(12-15)21-2)19-17(22)18-9-8-13-6-4-3-5-7-13/h3-7,10-12H,8-9H2,1-2H3,(H2,18,19,22). The van der Waals surface area contributed by atoms with Crippen LogP contribution in [-0.2, 0) is 6.42 Å². The molecule has 0 bridgehead atoms. The molecule has 22 heavy (non-hydrogen) atoms. The summed E-state index contributed by atoms with van der Waals surface area (Å²) >= 11 is 5.31. The van der Waals surface area contributed by atoms with Gasteiger partial charge in [0.1, 0.15) is 11.5 Å². The maximum Gasteiger partial charge on any atom is 0.170 e. The highest BCUT2D eigenvalue weighted by molar-refractivity contribution is 7.80. The minimum Gasteiger partial charge on any atom is -0.497 e. The molecule has 0 fully saturated rings. The Kier molecular flexibility index (Phi) is 6.03. The third-order valence-corrected chi connectivity index (χ3v) is 3.40. The molecule has 5 heteroatoms. The molecule has 0 saturated heterocycles. The number of methoxy groups -OCH3 is 2. The molecule has 116 valence electrons. The van der Waals surface area contributed by atoms with Crippen molar-refractivity contribution in [3.63, 3.8) is 0 Å². The van der Waals surface area contributed by atoms with Crippen molar-refractivity contribution >= 4 is 23.0 Å². The zero-order valence-electron chi connectivity index (χ0n) is 12.8. The Hall–Kier alpha value is -2.27. The lowest BCUT2D eigenvalue weighted by Crippen LogP contribution is -2.30. The molecule has 0 aromatic heterocycles. The number of nitrogens with one attached hydrogen (secondary N) is 2. The van der Waals surface area contributed by atoms with E-state index in [0.717, 1.165) is 18.7 Å². The molecule has 4 nitrogen and oxygen atoms in total. The predicted octanol–water partition coefficient (Wildman–Crippen LogP) is 3.23. The minimum absolute atomic E-state index is 0.575. The van der Waals surface area contributed by atoms with E-state index in [9.17, 15) is 0 Å². The third-order valence-electron chi connectivity index (χ3n) is 3.15. The van der Waals surface area contributed by atoms with Crippen molar-refractivity contribution in [1.29, 1.82) is 0 Å². The van der Waals surface area contributed by atoms with Crippen LogP contribution in [0.15, 0.2) is 48.5 Å². The zero-order chi connectivity index (χ0) is 15.8. The average Bonchev–Trinajstić information content (AvgIpc) is 2.55. The number of benzene rings is 2. The van der Waals surface area contributed by atoms with Gasteiger partial charge in [0.2, 0.25) is 0 Å². The van der Waals surface area contributed by atoms with E-state index in [1.165, 1.54) is 5.56 Å². The van der Waals surface area contributed by atoms with Gasteiger partial charge in [0.15, 0.2) is 5.11 Å². The maximum absolute atomic E-state index is 5.31. The molecule has 0 unspecified atom stereocenters. The van der Waals surface area contributed by atoms with E-state index in [1.807, 2.05) is 36.4 Å². The molecule has 2 aromatic carbocycles. The maximum atomic E-state index is 5.31. The number of anilines is 1. The summed E-state index contributed by atoms with van der Waals surface area (Å²) in [5.74, 6) is 1.43. The molecule has 0 atom stereocenters. The minimum atomic E-state index is 0.575. The van der Waals surface area contributed by atoms with Crippen LogP contribution in [0, 0.1) is 0 Å². The number of thiocarbonyl (C=S) groups is 1. The lowest BCUT2D eigenvalue weighted by atomic mass is 10.1. The Balaban J connectivity index is 1.86.